The van der Waals surface area contributed by atoms with Crippen molar-refractivity contribution in [3.8, 4) is 12.1 Å². The van der Waals surface area contributed by atoms with E-state index in [0.29, 0.717) is 0 Å². The first-order valence-electron chi connectivity index (χ1n) is 8.67. The predicted molar refractivity (Wildman–Crippen MR) is 112 cm³/mol. The summed E-state index contributed by atoms with van der Waals surface area (Å²) < 4.78 is 1.01. The summed E-state index contributed by atoms with van der Waals surface area (Å²) in [4.78, 5) is 14.8. The molecule has 2 aromatic rings. The summed E-state index contributed by atoms with van der Waals surface area (Å²) in [6, 6.07) is 19.1. The van der Waals surface area contributed by atoms with Gasteiger partial charge in [0.05, 0.1) is 24.2 Å². The van der Waals surface area contributed by atoms with Crippen LogP contribution in [0.5, 0.6) is 0 Å². The zero-order valence-electron chi connectivity index (χ0n) is 14.6. The highest BCUT2D eigenvalue weighted by Gasteiger charge is 2.62. The lowest BCUT2D eigenvalue weighted by molar-refractivity contribution is -0.118. The van der Waals surface area contributed by atoms with E-state index in [4.69, 9.17) is 0 Å². The highest BCUT2D eigenvalue weighted by molar-refractivity contribution is 14.1. The van der Waals surface area contributed by atoms with E-state index < -0.39 is 23.4 Å². The molecule has 5 heteroatoms. The van der Waals surface area contributed by atoms with Crippen LogP contribution in [0.2, 0.25) is 0 Å². The summed E-state index contributed by atoms with van der Waals surface area (Å²) in [6.45, 7) is 1.55. The number of rotatable bonds is 2. The number of Topliss-reactive ketones (excluding diaryl/α,β-unsaturated/α-hetero) is 1. The van der Waals surface area contributed by atoms with Gasteiger partial charge in [-0.1, -0.05) is 42.5 Å². The highest BCUT2D eigenvalue weighted by atomic mass is 127. The molecular weight excluding hydrogens is 449 g/mol. The number of benzene rings is 2. The Morgan fingerprint density at radius 2 is 1.89 bits per heavy atom. The molecule has 0 unspecified atom stereocenters. The summed E-state index contributed by atoms with van der Waals surface area (Å²) in [6.07, 6.45) is 3.85. The molecule has 0 amide bonds. The molecule has 1 fully saturated rings. The average molecular weight is 465 g/mol. The molecule has 1 saturated heterocycles. The van der Waals surface area contributed by atoms with Gasteiger partial charge in [0.15, 0.2) is 11.2 Å². The Labute approximate surface area is 171 Å². The van der Waals surface area contributed by atoms with Crippen LogP contribution in [0.25, 0.3) is 6.08 Å². The van der Waals surface area contributed by atoms with Crippen molar-refractivity contribution in [2.24, 2.45) is 5.41 Å². The van der Waals surface area contributed by atoms with Crippen molar-refractivity contribution in [1.82, 2.24) is 0 Å². The number of halogens is 1. The van der Waals surface area contributed by atoms with Gasteiger partial charge in [0.1, 0.15) is 0 Å². The van der Waals surface area contributed by atoms with Gasteiger partial charge in [-0.3, -0.25) is 4.79 Å². The lowest BCUT2D eigenvalue weighted by Crippen LogP contribution is -2.43. The second kappa shape index (κ2) is 6.51. The number of hydrogen-bond acceptors (Lipinski definition) is 4. The largest absolute Gasteiger partial charge is 0.351 e. The number of anilines is 1. The Hall–Kier alpha value is -2.64. The van der Waals surface area contributed by atoms with Crippen LogP contribution in [-0.2, 0) is 4.79 Å². The number of hydrogen-bond donors (Lipinski definition) is 0. The number of nitriles is 2. The maximum atomic E-state index is 12.8. The van der Waals surface area contributed by atoms with Crippen molar-refractivity contribution < 1.29 is 4.79 Å². The van der Waals surface area contributed by atoms with E-state index in [1.807, 2.05) is 65.6 Å². The lowest BCUT2D eigenvalue weighted by atomic mass is 9.69. The molecule has 0 aliphatic carbocycles. The number of ketones is 1. The number of nitrogens with zero attached hydrogens (tertiary/aromatic N) is 3. The van der Waals surface area contributed by atoms with Crippen LogP contribution in [0.1, 0.15) is 24.0 Å². The third-order valence-corrected chi connectivity index (χ3v) is 6.21. The molecule has 3 atom stereocenters. The molecule has 2 heterocycles. The van der Waals surface area contributed by atoms with Crippen LogP contribution in [-0.4, -0.2) is 17.9 Å². The van der Waals surface area contributed by atoms with E-state index in [9.17, 15) is 15.3 Å². The Morgan fingerprint density at radius 3 is 2.56 bits per heavy atom. The summed E-state index contributed by atoms with van der Waals surface area (Å²) in [5.41, 5.74) is 1.40. The van der Waals surface area contributed by atoms with Crippen molar-refractivity contribution in [2.75, 3.05) is 4.90 Å². The van der Waals surface area contributed by atoms with Crippen LogP contribution < -0.4 is 4.90 Å². The smallest absolute Gasteiger partial charge is 0.176 e. The molecule has 27 heavy (non-hydrogen) atoms. The molecule has 4 nitrogen and oxygen atoms in total. The number of para-hydroxylation sites is 1. The minimum atomic E-state index is -1.34. The first-order chi connectivity index (χ1) is 13.0. The molecule has 2 aromatic carbocycles. The van der Waals surface area contributed by atoms with Crippen molar-refractivity contribution in [3.63, 3.8) is 0 Å². The fourth-order valence-corrected chi connectivity index (χ4v) is 5.03. The number of carbonyl (C=O) groups is 1. The van der Waals surface area contributed by atoms with Gasteiger partial charge in [0.25, 0.3) is 0 Å². The molecule has 2 aliphatic rings. The van der Waals surface area contributed by atoms with Crippen LogP contribution in [0.4, 0.5) is 5.69 Å². The fraction of sp³-hybridized carbons (Fsp3) is 0.227. The summed E-state index contributed by atoms with van der Waals surface area (Å²) in [5.74, 6) is -0.568. The molecule has 0 bridgehead atoms. The quantitative estimate of drug-likeness (QED) is 0.621. The van der Waals surface area contributed by atoms with Crippen molar-refractivity contribution >= 4 is 40.1 Å². The lowest BCUT2D eigenvalue weighted by Gasteiger charge is -2.35. The molecule has 0 aromatic heterocycles. The second-order valence-corrected chi connectivity index (χ2v) is 8.20. The molecule has 4 rings (SSSR count). The van der Waals surface area contributed by atoms with Gasteiger partial charge in [-0.05, 0) is 58.8 Å². The van der Waals surface area contributed by atoms with Crippen LogP contribution in [0.15, 0.2) is 54.6 Å². The molecule has 2 aliphatic heterocycles. The first-order valence-corrected chi connectivity index (χ1v) is 9.75. The average Bonchev–Trinajstić information content (AvgIpc) is 2.99. The van der Waals surface area contributed by atoms with Crippen molar-refractivity contribution in [1.29, 1.82) is 10.5 Å². The molecular formula is C22H16IN3O. The molecule has 132 valence electrons. The van der Waals surface area contributed by atoms with Gasteiger partial charge in [-0.2, -0.15) is 10.5 Å². The summed E-state index contributed by atoms with van der Waals surface area (Å²) in [5, 5.41) is 20.3. The van der Waals surface area contributed by atoms with E-state index in [1.165, 1.54) is 0 Å². The minimum Gasteiger partial charge on any atom is -0.351 e. The van der Waals surface area contributed by atoms with E-state index in [2.05, 4.69) is 34.7 Å². The van der Waals surface area contributed by atoms with Crippen LogP contribution in [0.3, 0.4) is 0 Å². The van der Waals surface area contributed by atoms with E-state index in [0.717, 1.165) is 20.4 Å². The van der Waals surface area contributed by atoms with Gasteiger partial charge in [-0.25, -0.2) is 0 Å². The van der Waals surface area contributed by atoms with Crippen LogP contribution in [0, 0.1) is 31.6 Å². The number of carbonyl (C=O) groups excluding carboxylic acids is 1. The van der Waals surface area contributed by atoms with Crippen LogP contribution >= 0.6 is 22.6 Å². The van der Waals surface area contributed by atoms with E-state index in [-0.39, 0.29) is 5.78 Å². The summed E-state index contributed by atoms with van der Waals surface area (Å²) in [7, 11) is 0. The minimum absolute atomic E-state index is 0.0404. The maximum absolute atomic E-state index is 12.8. The third-order valence-electron chi connectivity index (χ3n) is 5.54. The summed E-state index contributed by atoms with van der Waals surface area (Å²) >= 11 is 2.22. The van der Waals surface area contributed by atoms with Gasteiger partial charge < -0.3 is 4.90 Å². The standard InChI is InChI=1S/C22H16IN3O/c1-14(27)21-20(16-6-4-7-17(23)11-16)22(12-24,13-25)19-10-9-15-5-2-3-8-18(15)26(19)21/h2-11,19-21H,1H3/t19-,20+,21+/m1/s1. The van der Waals surface area contributed by atoms with Gasteiger partial charge in [0, 0.05) is 15.2 Å². The Kier molecular flexibility index (Phi) is 4.28. The normalized spacial score (nSPS) is 24.4. The zero-order chi connectivity index (χ0) is 19.2. The molecule has 0 saturated carbocycles. The highest BCUT2D eigenvalue weighted by Crippen LogP contribution is 2.55. The van der Waals surface area contributed by atoms with Gasteiger partial charge in [0.2, 0.25) is 0 Å². The SMILES string of the molecule is CC(=O)[C@H]1[C@H](c2cccc(I)c2)C(C#N)(C#N)[C@H]2C=Cc3ccccc3N12. The van der Waals surface area contributed by atoms with Gasteiger partial charge >= 0.3 is 0 Å². The Morgan fingerprint density at radius 1 is 1.15 bits per heavy atom. The topological polar surface area (TPSA) is 67.9 Å². The number of fused-ring (bicyclic) bond motifs is 3. The van der Waals surface area contributed by atoms with Gasteiger partial charge in [-0.15, -0.1) is 0 Å². The molecule has 0 N–H and O–H groups in total. The monoisotopic (exact) mass is 465 g/mol. The predicted octanol–water partition coefficient (Wildman–Crippen LogP) is 4.28. The van der Waals surface area contributed by atoms with E-state index in [1.54, 1.807) is 6.92 Å². The third kappa shape index (κ3) is 2.49. The Bertz CT molecular complexity index is 1030. The maximum Gasteiger partial charge on any atom is 0.176 e. The Balaban J connectivity index is 2.01. The second-order valence-electron chi connectivity index (χ2n) is 6.95. The zero-order valence-corrected chi connectivity index (χ0v) is 16.8. The fourth-order valence-electron chi connectivity index (χ4n) is 4.46. The molecule has 0 spiro atoms. The first kappa shape index (κ1) is 17.8. The molecule has 0 radical (unpaired) electrons. The van der Waals surface area contributed by atoms with Crippen molar-refractivity contribution in [3.05, 3.63) is 69.3 Å². The van der Waals surface area contributed by atoms with E-state index >= 15 is 0 Å². The van der Waals surface area contributed by atoms with Crippen molar-refractivity contribution in [2.45, 2.75) is 24.9 Å².